The van der Waals surface area contributed by atoms with Crippen LogP contribution >= 0.6 is 0 Å². The van der Waals surface area contributed by atoms with Crippen LogP contribution in [0.5, 0.6) is 0 Å². The number of rotatable bonds is 14. The van der Waals surface area contributed by atoms with Crippen LogP contribution in [0, 0.1) is 17.8 Å². The third-order valence-corrected chi connectivity index (χ3v) is 4.79. The Morgan fingerprint density at radius 1 is 1.04 bits per heavy atom. The molecule has 1 rings (SSSR count). The highest BCUT2D eigenvalue weighted by atomic mass is 16.6. The lowest BCUT2D eigenvalue weighted by Crippen LogP contribution is -2.10. The Hall–Kier alpha value is -1.01. The minimum Gasteiger partial charge on any atom is -0.481 e. The lowest BCUT2D eigenvalue weighted by atomic mass is 10.0. The summed E-state index contributed by atoms with van der Waals surface area (Å²) in [6.07, 6.45) is 16.2. The lowest BCUT2D eigenvalue weighted by Gasteiger charge is -2.02. The zero-order valence-electron chi connectivity index (χ0n) is 15.7. The molecule has 138 valence electrons. The predicted molar refractivity (Wildman–Crippen MR) is 98.9 cm³/mol. The maximum atomic E-state index is 10.7. The second kappa shape index (κ2) is 13.3. The Morgan fingerprint density at radius 2 is 1.62 bits per heavy atom. The van der Waals surface area contributed by atoms with Gasteiger partial charge in [0.2, 0.25) is 0 Å². The number of unbranched alkanes of at least 4 members (excludes halogenated alkanes) is 10. The molecule has 0 aromatic rings. The third kappa shape index (κ3) is 10.7. The highest BCUT2D eigenvalue weighted by Crippen LogP contribution is 2.27. The third-order valence-electron chi connectivity index (χ3n) is 4.79. The van der Waals surface area contributed by atoms with Gasteiger partial charge >= 0.3 is 5.97 Å². The number of ether oxygens (including phenoxy) is 1. The molecule has 0 saturated carbocycles. The van der Waals surface area contributed by atoms with Gasteiger partial charge in [0.1, 0.15) is 6.10 Å². The van der Waals surface area contributed by atoms with Crippen LogP contribution in [-0.4, -0.2) is 23.3 Å². The largest absolute Gasteiger partial charge is 0.481 e. The number of carboxylic acids is 1. The Kier molecular flexibility index (Phi) is 11.7. The average Bonchev–Trinajstić information content (AvgIpc) is 3.32. The molecule has 0 aliphatic carbocycles. The molecular weight excluding hydrogens is 300 g/mol. The summed E-state index contributed by atoms with van der Waals surface area (Å²) in [7, 11) is 0. The van der Waals surface area contributed by atoms with Gasteiger partial charge in [-0.15, -0.1) is 5.92 Å². The SMILES string of the molecule is CCCCCCCCCCCCC#C[C@@H]1O[C@H]1CCC(C)C(=O)O. The summed E-state index contributed by atoms with van der Waals surface area (Å²) in [5, 5.41) is 8.84. The fraction of sp³-hybridized carbons (Fsp3) is 0.857. The molecule has 0 aromatic carbocycles. The van der Waals surface area contributed by atoms with E-state index in [1.54, 1.807) is 6.92 Å². The first kappa shape index (κ1) is 21.0. The van der Waals surface area contributed by atoms with E-state index in [2.05, 4.69) is 18.8 Å². The predicted octanol–water partition coefficient (Wildman–Crippen LogP) is 5.57. The molecule has 3 atom stereocenters. The van der Waals surface area contributed by atoms with Gasteiger partial charge in [-0.2, -0.15) is 0 Å². The standard InChI is InChI=1S/C21H36O3/c1-3-4-5-6-7-8-9-10-11-12-13-14-15-19-20(24-19)17-16-18(2)21(22)23/h18-20H,3-13,16-17H2,1-2H3,(H,22,23)/t18?,19-,20-/m0/s1. The van der Waals surface area contributed by atoms with Crippen molar-refractivity contribution in [1.29, 1.82) is 0 Å². The minimum absolute atomic E-state index is 0.0640. The van der Waals surface area contributed by atoms with Crippen LogP contribution in [0.15, 0.2) is 0 Å². The summed E-state index contributed by atoms with van der Waals surface area (Å²) in [5.41, 5.74) is 0. The number of aliphatic carboxylic acids is 1. The molecule has 24 heavy (non-hydrogen) atoms. The number of carbonyl (C=O) groups is 1. The molecular formula is C21H36O3. The van der Waals surface area contributed by atoms with E-state index < -0.39 is 5.97 Å². The Balaban J connectivity index is 1.86. The molecule has 1 saturated heterocycles. The fourth-order valence-electron chi connectivity index (χ4n) is 2.90. The lowest BCUT2D eigenvalue weighted by molar-refractivity contribution is -0.141. The van der Waals surface area contributed by atoms with Crippen LogP contribution in [0.4, 0.5) is 0 Å². The number of hydrogen-bond donors (Lipinski definition) is 1. The number of hydrogen-bond acceptors (Lipinski definition) is 2. The van der Waals surface area contributed by atoms with Gasteiger partial charge in [0.15, 0.2) is 0 Å². The highest BCUT2D eigenvalue weighted by molar-refractivity contribution is 5.69. The van der Waals surface area contributed by atoms with Gasteiger partial charge in [0, 0.05) is 6.42 Å². The van der Waals surface area contributed by atoms with Crippen LogP contribution in [0.2, 0.25) is 0 Å². The van der Waals surface area contributed by atoms with Gasteiger partial charge < -0.3 is 9.84 Å². The summed E-state index contributed by atoms with van der Waals surface area (Å²) < 4.78 is 5.48. The summed E-state index contributed by atoms with van der Waals surface area (Å²) in [6, 6.07) is 0. The Morgan fingerprint density at radius 3 is 2.21 bits per heavy atom. The second-order valence-corrected chi connectivity index (χ2v) is 7.16. The molecule has 0 radical (unpaired) electrons. The quantitative estimate of drug-likeness (QED) is 0.256. The van der Waals surface area contributed by atoms with E-state index in [0.29, 0.717) is 6.42 Å². The highest BCUT2D eigenvalue weighted by Gasteiger charge is 2.37. The molecule has 1 unspecified atom stereocenters. The van der Waals surface area contributed by atoms with Crippen molar-refractivity contribution in [2.45, 2.75) is 110 Å². The van der Waals surface area contributed by atoms with Gasteiger partial charge in [-0.3, -0.25) is 4.79 Å². The van der Waals surface area contributed by atoms with Crippen molar-refractivity contribution in [3.05, 3.63) is 0 Å². The van der Waals surface area contributed by atoms with Crippen molar-refractivity contribution in [2.75, 3.05) is 0 Å². The Bertz CT molecular complexity index is 394. The smallest absolute Gasteiger partial charge is 0.306 e. The first-order valence-corrected chi connectivity index (χ1v) is 10.0. The molecule has 3 nitrogen and oxygen atoms in total. The monoisotopic (exact) mass is 336 g/mol. The van der Waals surface area contributed by atoms with Crippen LogP contribution < -0.4 is 0 Å². The summed E-state index contributed by atoms with van der Waals surface area (Å²) in [5.74, 6) is 5.39. The van der Waals surface area contributed by atoms with Crippen LogP contribution in [0.3, 0.4) is 0 Å². The zero-order chi connectivity index (χ0) is 17.6. The molecule has 1 aliphatic rings. The van der Waals surface area contributed by atoms with E-state index in [-0.39, 0.29) is 18.1 Å². The zero-order valence-corrected chi connectivity index (χ0v) is 15.7. The number of carboxylic acid groups (broad SMARTS) is 1. The van der Waals surface area contributed by atoms with Crippen LogP contribution in [-0.2, 0) is 9.53 Å². The van der Waals surface area contributed by atoms with Gasteiger partial charge in [-0.25, -0.2) is 0 Å². The first-order chi connectivity index (χ1) is 11.6. The van der Waals surface area contributed by atoms with Crippen molar-refractivity contribution >= 4 is 5.97 Å². The maximum Gasteiger partial charge on any atom is 0.306 e. The van der Waals surface area contributed by atoms with Crippen LogP contribution in [0.25, 0.3) is 0 Å². The van der Waals surface area contributed by atoms with Crippen molar-refractivity contribution < 1.29 is 14.6 Å². The van der Waals surface area contributed by atoms with Crippen molar-refractivity contribution in [3.63, 3.8) is 0 Å². The number of epoxide rings is 1. The van der Waals surface area contributed by atoms with E-state index in [9.17, 15) is 4.79 Å². The molecule has 0 spiro atoms. The van der Waals surface area contributed by atoms with Crippen molar-refractivity contribution in [3.8, 4) is 11.8 Å². The van der Waals surface area contributed by atoms with E-state index in [0.717, 1.165) is 12.8 Å². The Labute approximate surface area is 148 Å². The molecule has 1 N–H and O–H groups in total. The summed E-state index contributed by atoms with van der Waals surface area (Å²) >= 11 is 0. The fourth-order valence-corrected chi connectivity index (χ4v) is 2.90. The topological polar surface area (TPSA) is 49.8 Å². The molecule has 3 heteroatoms. The molecule has 0 bridgehead atoms. The van der Waals surface area contributed by atoms with Gasteiger partial charge in [-0.1, -0.05) is 77.6 Å². The minimum atomic E-state index is -0.723. The summed E-state index contributed by atoms with van der Waals surface area (Å²) in [4.78, 5) is 10.7. The van der Waals surface area contributed by atoms with E-state index in [1.165, 1.54) is 64.2 Å². The van der Waals surface area contributed by atoms with E-state index in [1.807, 2.05) is 0 Å². The van der Waals surface area contributed by atoms with Crippen molar-refractivity contribution in [2.24, 2.45) is 5.92 Å². The molecule has 1 aliphatic heterocycles. The van der Waals surface area contributed by atoms with Crippen molar-refractivity contribution in [1.82, 2.24) is 0 Å². The van der Waals surface area contributed by atoms with Gasteiger partial charge in [-0.05, 0) is 19.3 Å². The summed E-state index contributed by atoms with van der Waals surface area (Å²) in [6.45, 7) is 4.01. The van der Waals surface area contributed by atoms with Gasteiger partial charge in [0.25, 0.3) is 0 Å². The molecule has 0 amide bonds. The molecule has 1 fully saturated rings. The molecule has 1 heterocycles. The average molecular weight is 337 g/mol. The second-order valence-electron chi connectivity index (χ2n) is 7.16. The van der Waals surface area contributed by atoms with Gasteiger partial charge in [0.05, 0.1) is 12.0 Å². The first-order valence-electron chi connectivity index (χ1n) is 10.0. The van der Waals surface area contributed by atoms with E-state index in [4.69, 9.17) is 9.84 Å². The van der Waals surface area contributed by atoms with Crippen LogP contribution in [0.1, 0.15) is 97.3 Å². The van der Waals surface area contributed by atoms with E-state index >= 15 is 0 Å². The molecule has 0 aromatic heterocycles. The maximum absolute atomic E-state index is 10.7. The normalized spacial score (nSPS) is 20.2.